The van der Waals surface area contributed by atoms with E-state index in [0.29, 0.717) is 0 Å². The third-order valence-corrected chi connectivity index (χ3v) is 1.91. The lowest BCUT2D eigenvalue weighted by atomic mass is 10.1. The van der Waals surface area contributed by atoms with Crippen molar-refractivity contribution in [3.05, 3.63) is 0 Å². The number of amides is 1. The SMILES string of the molecule is O=C1C(C(F)(F)F)CCN1C(F)(F)F. The van der Waals surface area contributed by atoms with Crippen molar-refractivity contribution in [1.29, 1.82) is 0 Å². The molecule has 0 spiro atoms. The van der Waals surface area contributed by atoms with Crippen molar-refractivity contribution in [2.45, 2.75) is 18.9 Å². The van der Waals surface area contributed by atoms with Crippen molar-refractivity contribution >= 4 is 5.91 Å². The summed E-state index contributed by atoms with van der Waals surface area (Å²) in [7, 11) is 0. The van der Waals surface area contributed by atoms with E-state index in [4.69, 9.17) is 0 Å². The van der Waals surface area contributed by atoms with Gasteiger partial charge in [0.15, 0.2) is 0 Å². The third-order valence-electron chi connectivity index (χ3n) is 1.91. The van der Waals surface area contributed by atoms with Crippen LogP contribution < -0.4 is 0 Å². The Kier molecular flexibility index (Phi) is 2.41. The molecule has 1 fully saturated rings. The summed E-state index contributed by atoms with van der Waals surface area (Å²) in [4.78, 5) is 9.98. The van der Waals surface area contributed by atoms with Gasteiger partial charge in [-0.1, -0.05) is 0 Å². The second-order valence-corrected chi connectivity index (χ2v) is 2.84. The molecule has 0 aromatic rings. The summed E-state index contributed by atoms with van der Waals surface area (Å²) in [5, 5.41) is 0. The summed E-state index contributed by atoms with van der Waals surface area (Å²) in [6.45, 7) is -0.924. The summed E-state index contributed by atoms with van der Waals surface area (Å²) in [6.07, 6.45) is -10.7. The lowest BCUT2D eigenvalue weighted by Crippen LogP contribution is -2.42. The Morgan fingerprint density at radius 3 is 1.86 bits per heavy atom. The van der Waals surface area contributed by atoms with Gasteiger partial charge in [-0.25, -0.2) is 0 Å². The zero-order chi connectivity index (χ0) is 11.1. The molecule has 82 valence electrons. The number of hydrogen-bond acceptors (Lipinski definition) is 1. The van der Waals surface area contributed by atoms with Crippen molar-refractivity contribution in [3.8, 4) is 0 Å². The first-order valence-electron chi connectivity index (χ1n) is 3.59. The predicted molar refractivity (Wildman–Crippen MR) is 31.9 cm³/mol. The normalized spacial score (nSPS) is 24.6. The van der Waals surface area contributed by atoms with Crippen LogP contribution in [0.25, 0.3) is 0 Å². The largest absolute Gasteiger partial charge is 0.487 e. The van der Waals surface area contributed by atoms with Gasteiger partial charge in [0.2, 0.25) is 5.91 Å². The number of carbonyl (C=O) groups is 1. The molecule has 0 N–H and O–H groups in total. The van der Waals surface area contributed by atoms with Gasteiger partial charge in [0.1, 0.15) is 5.92 Å². The van der Waals surface area contributed by atoms with E-state index in [1.54, 1.807) is 0 Å². The molecule has 1 aliphatic rings. The zero-order valence-corrected chi connectivity index (χ0v) is 6.61. The lowest BCUT2D eigenvalue weighted by Gasteiger charge is -2.20. The van der Waals surface area contributed by atoms with Crippen LogP contribution in [0.15, 0.2) is 0 Å². The van der Waals surface area contributed by atoms with Gasteiger partial charge in [-0.05, 0) is 6.42 Å². The van der Waals surface area contributed by atoms with Crippen LogP contribution in [-0.2, 0) is 4.79 Å². The molecule has 0 radical (unpaired) electrons. The molecule has 1 rings (SSSR count). The Hall–Kier alpha value is -0.950. The zero-order valence-electron chi connectivity index (χ0n) is 6.61. The number of rotatable bonds is 0. The van der Waals surface area contributed by atoms with E-state index in [0.717, 1.165) is 0 Å². The molecule has 0 aliphatic carbocycles. The summed E-state index contributed by atoms with van der Waals surface area (Å²) < 4.78 is 71.6. The van der Waals surface area contributed by atoms with E-state index in [-0.39, 0.29) is 0 Å². The molecule has 2 nitrogen and oxygen atoms in total. The maximum Gasteiger partial charge on any atom is 0.487 e. The van der Waals surface area contributed by atoms with Crippen LogP contribution in [-0.4, -0.2) is 29.8 Å². The van der Waals surface area contributed by atoms with Gasteiger partial charge < -0.3 is 0 Å². The molecule has 1 unspecified atom stereocenters. The second-order valence-electron chi connectivity index (χ2n) is 2.84. The van der Waals surface area contributed by atoms with Crippen LogP contribution in [0, 0.1) is 5.92 Å². The van der Waals surface area contributed by atoms with Crippen molar-refractivity contribution in [2.24, 2.45) is 5.92 Å². The predicted octanol–water partition coefficient (Wildman–Crippen LogP) is 1.92. The maximum atomic E-state index is 12.0. The van der Waals surface area contributed by atoms with E-state index in [2.05, 4.69) is 0 Å². The number of carbonyl (C=O) groups excluding carboxylic acids is 1. The molecule has 1 heterocycles. The highest BCUT2D eigenvalue weighted by atomic mass is 19.4. The Bertz CT molecular complexity index is 220. The minimum Gasteiger partial charge on any atom is -0.274 e. The van der Waals surface area contributed by atoms with Gasteiger partial charge in [-0.2, -0.15) is 13.2 Å². The van der Waals surface area contributed by atoms with Crippen molar-refractivity contribution in [3.63, 3.8) is 0 Å². The van der Waals surface area contributed by atoms with Crippen LogP contribution in [0.2, 0.25) is 0 Å². The van der Waals surface area contributed by atoms with Crippen LogP contribution in [0.4, 0.5) is 26.3 Å². The molecule has 0 saturated carbocycles. The first-order chi connectivity index (χ1) is 6.14. The van der Waals surface area contributed by atoms with E-state index in [1.165, 1.54) is 0 Å². The summed E-state index contributed by atoms with van der Waals surface area (Å²) in [5.41, 5.74) is 0. The summed E-state index contributed by atoms with van der Waals surface area (Å²) >= 11 is 0. The summed E-state index contributed by atoms with van der Waals surface area (Å²) in [6, 6.07) is 0. The van der Waals surface area contributed by atoms with Gasteiger partial charge >= 0.3 is 12.5 Å². The van der Waals surface area contributed by atoms with Crippen LogP contribution in [0.3, 0.4) is 0 Å². The average Bonchev–Trinajstić information content (AvgIpc) is 2.26. The lowest BCUT2D eigenvalue weighted by molar-refractivity contribution is -0.239. The standard InChI is InChI=1S/C6H5F6NO/c7-5(8,9)3-1-2-13(4(3)14)6(10,11)12/h3H,1-2H2. The molecule has 0 aromatic carbocycles. The van der Waals surface area contributed by atoms with E-state index >= 15 is 0 Å². The Morgan fingerprint density at radius 2 is 1.64 bits per heavy atom. The Labute approximate surface area is 74.5 Å². The molecule has 1 atom stereocenters. The number of halogens is 6. The van der Waals surface area contributed by atoms with Gasteiger partial charge in [0.25, 0.3) is 0 Å². The maximum absolute atomic E-state index is 12.0. The Balaban J connectivity index is 2.80. The van der Waals surface area contributed by atoms with Crippen molar-refractivity contribution in [1.82, 2.24) is 4.90 Å². The molecular formula is C6H5F6NO. The molecule has 8 heteroatoms. The molecule has 1 aliphatic heterocycles. The number of hydrogen-bond donors (Lipinski definition) is 0. The highest BCUT2D eigenvalue weighted by molar-refractivity contribution is 5.81. The van der Waals surface area contributed by atoms with Crippen LogP contribution in [0.5, 0.6) is 0 Å². The highest BCUT2D eigenvalue weighted by Gasteiger charge is 2.56. The topological polar surface area (TPSA) is 20.3 Å². The van der Waals surface area contributed by atoms with E-state index in [9.17, 15) is 31.1 Å². The number of alkyl halides is 6. The molecule has 0 aromatic heterocycles. The average molecular weight is 221 g/mol. The van der Waals surface area contributed by atoms with Crippen molar-refractivity contribution < 1.29 is 31.1 Å². The molecular weight excluding hydrogens is 216 g/mol. The fourth-order valence-electron chi connectivity index (χ4n) is 1.24. The monoisotopic (exact) mass is 221 g/mol. The quantitative estimate of drug-likeness (QED) is 0.452. The van der Waals surface area contributed by atoms with Crippen LogP contribution in [0.1, 0.15) is 6.42 Å². The first kappa shape index (κ1) is 11.1. The van der Waals surface area contributed by atoms with Gasteiger partial charge in [0, 0.05) is 6.54 Å². The highest BCUT2D eigenvalue weighted by Crippen LogP contribution is 2.38. The van der Waals surface area contributed by atoms with Gasteiger partial charge in [-0.3, -0.25) is 9.69 Å². The van der Waals surface area contributed by atoms with Gasteiger partial charge in [0.05, 0.1) is 0 Å². The molecule has 1 amide bonds. The third kappa shape index (κ3) is 1.93. The number of likely N-dealkylation sites (tertiary alicyclic amines) is 1. The molecule has 1 saturated heterocycles. The fraction of sp³-hybridized carbons (Fsp3) is 0.833. The van der Waals surface area contributed by atoms with E-state index < -0.39 is 42.2 Å². The Morgan fingerprint density at radius 1 is 1.14 bits per heavy atom. The first-order valence-corrected chi connectivity index (χ1v) is 3.59. The van der Waals surface area contributed by atoms with E-state index in [1.807, 2.05) is 0 Å². The summed E-state index contributed by atoms with van der Waals surface area (Å²) in [5.74, 6) is -4.42. The minimum absolute atomic E-state index is 0.703. The van der Waals surface area contributed by atoms with Crippen LogP contribution >= 0.6 is 0 Å². The minimum atomic E-state index is -5.02. The number of nitrogens with zero attached hydrogens (tertiary/aromatic N) is 1. The van der Waals surface area contributed by atoms with Gasteiger partial charge in [-0.15, -0.1) is 13.2 Å². The molecule has 14 heavy (non-hydrogen) atoms. The smallest absolute Gasteiger partial charge is 0.274 e. The fourth-order valence-corrected chi connectivity index (χ4v) is 1.24. The van der Waals surface area contributed by atoms with Crippen molar-refractivity contribution in [2.75, 3.05) is 6.54 Å². The molecule has 0 bridgehead atoms. The second kappa shape index (κ2) is 3.03.